The highest BCUT2D eigenvalue weighted by molar-refractivity contribution is 5.89. The molecule has 2 heteroatoms. The van der Waals surface area contributed by atoms with Gasteiger partial charge in [0.15, 0.2) is 5.78 Å². The van der Waals surface area contributed by atoms with Crippen molar-refractivity contribution in [2.75, 3.05) is 6.61 Å². The van der Waals surface area contributed by atoms with Crippen molar-refractivity contribution in [3.8, 4) is 0 Å². The van der Waals surface area contributed by atoms with E-state index in [1.165, 1.54) is 0 Å². The molecule has 0 bridgehead atoms. The predicted molar refractivity (Wildman–Crippen MR) is 52.6 cm³/mol. The van der Waals surface area contributed by atoms with Crippen molar-refractivity contribution in [2.45, 2.75) is 45.1 Å². The summed E-state index contributed by atoms with van der Waals surface area (Å²) < 4.78 is 5.43. The first-order chi connectivity index (χ1) is 6.33. The molecule has 0 aromatic carbocycles. The smallest absolute Gasteiger partial charge is 0.155 e. The first-order valence-electron chi connectivity index (χ1n) is 5.14. The van der Waals surface area contributed by atoms with Crippen molar-refractivity contribution in [3.63, 3.8) is 0 Å². The third-order valence-electron chi connectivity index (χ3n) is 2.28. The fourth-order valence-corrected chi connectivity index (χ4v) is 1.51. The molecule has 74 valence electrons. The summed E-state index contributed by atoms with van der Waals surface area (Å²) in [6.07, 6.45) is 8.71. The average Bonchev–Trinajstić information content (AvgIpc) is 2.64. The zero-order valence-corrected chi connectivity index (χ0v) is 8.29. The molecule has 1 saturated heterocycles. The van der Waals surface area contributed by atoms with Crippen LogP contribution < -0.4 is 0 Å². The number of hydrogen-bond acceptors (Lipinski definition) is 2. The van der Waals surface area contributed by atoms with Crippen LogP contribution in [-0.4, -0.2) is 18.5 Å². The molecule has 13 heavy (non-hydrogen) atoms. The van der Waals surface area contributed by atoms with Crippen LogP contribution in [0.2, 0.25) is 0 Å². The van der Waals surface area contributed by atoms with E-state index in [1.807, 2.05) is 13.0 Å². The fraction of sp³-hybridized carbons (Fsp3) is 0.727. The maximum Gasteiger partial charge on any atom is 0.155 e. The Balaban J connectivity index is 2.10. The van der Waals surface area contributed by atoms with Crippen molar-refractivity contribution < 1.29 is 9.53 Å². The summed E-state index contributed by atoms with van der Waals surface area (Å²) >= 11 is 0. The molecule has 0 radical (unpaired) electrons. The second-order valence-corrected chi connectivity index (χ2v) is 3.45. The van der Waals surface area contributed by atoms with E-state index in [0.29, 0.717) is 12.5 Å². The van der Waals surface area contributed by atoms with Crippen LogP contribution in [0.15, 0.2) is 12.2 Å². The molecule has 0 N–H and O–H groups in total. The van der Waals surface area contributed by atoms with E-state index >= 15 is 0 Å². The highest BCUT2D eigenvalue weighted by Gasteiger charge is 2.15. The van der Waals surface area contributed by atoms with Gasteiger partial charge in [0, 0.05) is 13.0 Å². The van der Waals surface area contributed by atoms with E-state index in [4.69, 9.17) is 4.74 Å². The predicted octanol–water partition coefficient (Wildman–Crippen LogP) is 2.48. The second kappa shape index (κ2) is 5.92. The lowest BCUT2D eigenvalue weighted by atomic mass is 10.1. The lowest BCUT2D eigenvalue weighted by Crippen LogP contribution is -2.07. The van der Waals surface area contributed by atoms with Gasteiger partial charge >= 0.3 is 0 Å². The SMILES string of the molecule is CC/C=C/C(=O)CCC1CCCO1. The molecule has 1 aliphatic heterocycles. The molecule has 0 aromatic rings. The maximum atomic E-state index is 11.2. The van der Waals surface area contributed by atoms with Crippen LogP contribution in [0.4, 0.5) is 0 Å². The van der Waals surface area contributed by atoms with Crippen LogP contribution in [0.5, 0.6) is 0 Å². The third kappa shape index (κ3) is 4.23. The molecule has 0 spiro atoms. The molecule has 0 aromatic heterocycles. The Morgan fingerprint density at radius 2 is 2.46 bits per heavy atom. The maximum absolute atomic E-state index is 11.2. The summed E-state index contributed by atoms with van der Waals surface area (Å²) in [6.45, 7) is 2.91. The topological polar surface area (TPSA) is 26.3 Å². The molecule has 2 nitrogen and oxygen atoms in total. The van der Waals surface area contributed by atoms with Gasteiger partial charge in [-0.05, 0) is 31.8 Å². The van der Waals surface area contributed by atoms with Gasteiger partial charge in [0.1, 0.15) is 0 Å². The minimum atomic E-state index is 0.234. The minimum Gasteiger partial charge on any atom is -0.378 e. The van der Waals surface area contributed by atoms with Gasteiger partial charge in [-0.3, -0.25) is 4.79 Å². The van der Waals surface area contributed by atoms with Crippen molar-refractivity contribution >= 4 is 5.78 Å². The van der Waals surface area contributed by atoms with Gasteiger partial charge in [-0.25, -0.2) is 0 Å². The molecular weight excluding hydrogens is 164 g/mol. The Kier molecular flexibility index (Phi) is 4.76. The van der Waals surface area contributed by atoms with Gasteiger partial charge in [-0.2, -0.15) is 0 Å². The lowest BCUT2D eigenvalue weighted by molar-refractivity contribution is -0.115. The summed E-state index contributed by atoms with van der Waals surface area (Å²) in [5, 5.41) is 0. The minimum absolute atomic E-state index is 0.234. The molecule has 1 unspecified atom stereocenters. The van der Waals surface area contributed by atoms with Gasteiger partial charge in [0.05, 0.1) is 6.10 Å². The summed E-state index contributed by atoms with van der Waals surface area (Å²) in [6, 6.07) is 0. The van der Waals surface area contributed by atoms with E-state index in [1.54, 1.807) is 6.08 Å². The highest BCUT2D eigenvalue weighted by atomic mass is 16.5. The molecule has 1 aliphatic rings. The highest BCUT2D eigenvalue weighted by Crippen LogP contribution is 2.16. The second-order valence-electron chi connectivity index (χ2n) is 3.45. The summed E-state index contributed by atoms with van der Waals surface area (Å²) in [4.78, 5) is 11.2. The molecule has 0 saturated carbocycles. The number of allylic oxidation sites excluding steroid dienone is 2. The van der Waals surface area contributed by atoms with Crippen LogP contribution in [0, 0.1) is 0 Å². The molecule has 1 heterocycles. The monoisotopic (exact) mass is 182 g/mol. The van der Waals surface area contributed by atoms with Crippen molar-refractivity contribution in [2.24, 2.45) is 0 Å². The van der Waals surface area contributed by atoms with Crippen LogP contribution in [0.3, 0.4) is 0 Å². The van der Waals surface area contributed by atoms with E-state index < -0.39 is 0 Å². The number of ether oxygens (including phenoxy) is 1. The zero-order valence-electron chi connectivity index (χ0n) is 8.29. The van der Waals surface area contributed by atoms with Crippen LogP contribution in [0.25, 0.3) is 0 Å². The molecular formula is C11H18O2. The fourth-order valence-electron chi connectivity index (χ4n) is 1.51. The van der Waals surface area contributed by atoms with E-state index in [2.05, 4.69) is 0 Å². The van der Waals surface area contributed by atoms with Gasteiger partial charge in [0.25, 0.3) is 0 Å². The van der Waals surface area contributed by atoms with Crippen molar-refractivity contribution in [3.05, 3.63) is 12.2 Å². The van der Waals surface area contributed by atoms with E-state index in [0.717, 1.165) is 32.3 Å². The van der Waals surface area contributed by atoms with Crippen LogP contribution >= 0.6 is 0 Å². The quantitative estimate of drug-likeness (QED) is 0.610. The number of hydrogen-bond donors (Lipinski definition) is 0. The summed E-state index contributed by atoms with van der Waals surface area (Å²) in [5.41, 5.74) is 0. The Morgan fingerprint density at radius 3 is 3.08 bits per heavy atom. The summed E-state index contributed by atoms with van der Waals surface area (Å²) in [5.74, 6) is 0.234. The third-order valence-corrected chi connectivity index (χ3v) is 2.28. The Labute approximate surface area is 80.0 Å². The van der Waals surface area contributed by atoms with E-state index in [9.17, 15) is 4.79 Å². The lowest BCUT2D eigenvalue weighted by Gasteiger charge is -2.06. The van der Waals surface area contributed by atoms with Crippen molar-refractivity contribution in [1.29, 1.82) is 0 Å². The molecule has 1 fully saturated rings. The normalized spacial score (nSPS) is 22.7. The molecule has 1 atom stereocenters. The van der Waals surface area contributed by atoms with Gasteiger partial charge < -0.3 is 4.74 Å². The molecule has 1 rings (SSSR count). The van der Waals surface area contributed by atoms with Gasteiger partial charge in [-0.1, -0.05) is 13.0 Å². The van der Waals surface area contributed by atoms with Gasteiger partial charge in [-0.15, -0.1) is 0 Å². The van der Waals surface area contributed by atoms with Crippen LogP contribution in [0.1, 0.15) is 39.0 Å². The zero-order chi connectivity index (χ0) is 9.52. The summed E-state index contributed by atoms with van der Waals surface area (Å²) in [7, 11) is 0. The molecule has 0 amide bonds. The first kappa shape index (κ1) is 10.5. The van der Waals surface area contributed by atoms with Crippen molar-refractivity contribution in [1.82, 2.24) is 0 Å². The Morgan fingerprint density at radius 1 is 1.62 bits per heavy atom. The largest absolute Gasteiger partial charge is 0.378 e. The first-order valence-corrected chi connectivity index (χ1v) is 5.14. The number of carbonyl (C=O) groups is 1. The van der Waals surface area contributed by atoms with Crippen LogP contribution in [-0.2, 0) is 9.53 Å². The molecule has 0 aliphatic carbocycles. The van der Waals surface area contributed by atoms with Gasteiger partial charge in [0.2, 0.25) is 0 Å². The Bertz CT molecular complexity index is 179. The standard InChI is InChI=1S/C11H18O2/c1-2-3-5-10(12)7-8-11-6-4-9-13-11/h3,5,11H,2,4,6-9H2,1H3/b5-3+. The average molecular weight is 182 g/mol. The van der Waals surface area contributed by atoms with E-state index in [-0.39, 0.29) is 5.78 Å². The number of carbonyl (C=O) groups excluding carboxylic acids is 1. The number of ketones is 1. The Hall–Kier alpha value is -0.630. The number of rotatable bonds is 5.